The van der Waals surface area contributed by atoms with E-state index >= 15 is 0 Å². The molecule has 1 aliphatic rings. The Balaban J connectivity index is 1.53. The molecule has 33 heavy (non-hydrogen) atoms. The average molecular weight is 460 g/mol. The van der Waals surface area contributed by atoms with E-state index in [-0.39, 0.29) is 0 Å². The summed E-state index contributed by atoms with van der Waals surface area (Å²) in [5.41, 5.74) is 2.26. The number of anilines is 3. The zero-order valence-corrected chi connectivity index (χ0v) is 19.3. The summed E-state index contributed by atoms with van der Waals surface area (Å²) in [6.07, 6.45) is 5.07. The maximum atomic E-state index is 10.7. The van der Waals surface area contributed by atoms with Crippen molar-refractivity contribution in [2.24, 2.45) is 0 Å². The first-order valence-corrected chi connectivity index (χ1v) is 11.7. The molecule has 1 fully saturated rings. The van der Waals surface area contributed by atoms with Crippen molar-refractivity contribution in [3.05, 3.63) is 58.9 Å². The number of nitrogens with one attached hydrogen (secondary N) is 3. The second-order valence-corrected chi connectivity index (χ2v) is 9.17. The van der Waals surface area contributed by atoms with Crippen molar-refractivity contribution >= 4 is 39.6 Å². The normalized spacial score (nSPS) is 17.9. The minimum Gasteiger partial charge on any atom is -0.371 e. The fourth-order valence-electron chi connectivity index (χ4n) is 3.95. The number of aromatic amines is 1. The van der Waals surface area contributed by atoms with Crippen LogP contribution in [-0.4, -0.2) is 50.7 Å². The second kappa shape index (κ2) is 8.83. The van der Waals surface area contributed by atoms with Gasteiger partial charge in [0.1, 0.15) is 22.8 Å². The number of hydrogen-bond acceptors (Lipinski definition) is 8. The first kappa shape index (κ1) is 21.4. The van der Waals surface area contributed by atoms with E-state index in [0.717, 1.165) is 53.4 Å². The standard InChI is InChI=1S/C24H25N7OS/c1-16-14-31(11-9-25-16)20-4-3-17(5-7-24(2,32)23-27-10-12-33-23)13-19(20)30-22-18-6-8-26-21(18)28-15-29-22/h3-4,6,8,10,12-13,15-16,25,32H,9,11,14H2,1-2H3,(H2,26,28,29,30)/t16-,24?/m0/s1. The summed E-state index contributed by atoms with van der Waals surface area (Å²) in [4.78, 5) is 18.4. The third kappa shape index (κ3) is 4.54. The maximum absolute atomic E-state index is 10.7. The lowest BCUT2D eigenvalue weighted by Gasteiger charge is -2.35. The van der Waals surface area contributed by atoms with E-state index in [1.54, 1.807) is 19.4 Å². The number of rotatable bonds is 4. The van der Waals surface area contributed by atoms with Gasteiger partial charge in [0.2, 0.25) is 0 Å². The molecule has 5 rings (SSSR count). The molecule has 3 aromatic heterocycles. The molecule has 1 saturated heterocycles. The van der Waals surface area contributed by atoms with E-state index in [1.165, 1.54) is 11.3 Å². The van der Waals surface area contributed by atoms with Crippen molar-refractivity contribution in [3.8, 4) is 11.8 Å². The van der Waals surface area contributed by atoms with Crippen LogP contribution in [0.25, 0.3) is 11.0 Å². The zero-order valence-electron chi connectivity index (χ0n) is 18.5. The van der Waals surface area contributed by atoms with E-state index in [1.807, 2.05) is 29.8 Å². The lowest BCUT2D eigenvalue weighted by molar-refractivity contribution is 0.122. The molecule has 0 radical (unpaired) electrons. The van der Waals surface area contributed by atoms with Crippen LogP contribution in [0, 0.1) is 11.8 Å². The highest BCUT2D eigenvalue weighted by Crippen LogP contribution is 2.32. The molecule has 4 heterocycles. The lowest BCUT2D eigenvalue weighted by atomic mass is 10.1. The number of benzene rings is 1. The molecular formula is C24H25N7OS. The minimum absolute atomic E-state index is 0.398. The van der Waals surface area contributed by atoms with E-state index in [4.69, 9.17) is 0 Å². The Morgan fingerprint density at radius 3 is 3.00 bits per heavy atom. The Kier molecular flexibility index (Phi) is 5.72. The van der Waals surface area contributed by atoms with Gasteiger partial charge in [0.25, 0.3) is 0 Å². The van der Waals surface area contributed by atoms with Crippen molar-refractivity contribution in [2.75, 3.05) is 29.9 Å². The fourth-order valence-corrected chi connectivity index (χ4v) is 4.60. The third-order valence-corrected chi connectivity index (χ3v) is 6.60. The summed E-state index contributed by atoms with van der Waals surface area (Å²) in [5, 5.41) is 21.1. The van der Waals surface area contributed by atoms with Crippen molar-refractivity contribution in [2.45, 2.75) is 25.5 Å². The molecule has 0 saturated carbocycles. The Bertz CT molecular complexity index is 1320. The Morgan fingerprint density at radius 2 is 2.18 bits per heavy atom. The lowest BCUT2D eigenvalue weighted by Crippen LogP contribution is -2.49. The molecule has 8 nitrogen and oxygen atoms in total. The smallest absolute Gasteiger partial charge is 0.174 e. The highest BCUT2D eigenvalue weighted by molar-refractivity contribution is 7.09. The molecule has 1 aliphatic heterocycles. The first-order valence-electron chi connectivity index (χ1n) is 10.8. The van der Waals surface area contributed by atoms with Gasteiger partial charge in [-0.15, -0.1) is 11.3 Å². The Hall–Kier alpha value is -3.45. The number of aliphatic hydroxyl groups is 1. The molecule has 4 aromatic rings. The summed E-state index contributed by atoms with van der Waals surface area (Å²) in [5.74, 6) is 6.83. The van der Waals surface area contributed by atoms with Crippen molar-refractivity contribution < 1.29 is 5.11 Å². The molecular weight excluding hydrogens is 434 g/mol. The van der Waals surface area contributed by atoms with Gasteiger partial charge in [0.15, 0.2) is 5.60 Å². The summed E-state index contributed by atoms with van der Waals surface area (Å²) in [6.45, 7) is 6.59. The van der Waals surface area contributed by atoms with Crippen LogP contribution >= 0.6 is 11.3 Å². The highest BCUT2D eigenvalue weighted by Gasteiger charge is 2.23. The second-order valence-electron chi connectivity index (χ2n) is 8.28. The van der Waals surface area contributed by atoms with Crippen molar-refractivity contribution in [1.29, 1.82) is 0 Å². The molecule has 0 amide bonds. The van der Waals surface area contributed by atoms with Crippen molar-refractivity contribution in [3.63, 3.8) is 0 Å². The minimum atomic E-state index is -1.31. The summed E-state index contributed by atoms with van der Waals surface area (Å²) in [7, 11) is 0. The van der Waals surface area contributed by atoms with Crippen LogP contribution in [0.2, 0.25) is 0 Å². The van der Waals surface area contributed by atoms with Gasteiger partial charge in [-0.25, -0.2) is 15.0 Å². The highest BCUT2D eigenvalue weighted by atomic mass is 32.1. The molecule has 1 aromatic carbocycles. The van der Waals surface area contributed by atoms with Gasteiger partial charge in [-0.05, 0) is 38.1 Å². The number of H-pyrrole nitrogens is 1. The molecule has 168 valence electrons. The number of nitrogens with zero attached hydrogens (tertiary/aromatic N) is 4. The molecule has 0 bridgehead atoms. The number of aromatic nitrogens is 4. The Morgan fingerprint density at radius 1 is 1.27 bits per heavy atom. The van der Waals surface area contributed by atoms with Crippen LogP contribution in [0.4, 0.5) is 17.2 Å². The van der Waals surface area contributed by atoms with Crippen LogP contribution < -0.4 is 15.5 Å². The van der Waals surface area contributed by atoms with Gasteiger partial charge in [-0.3, -0.25) is 0 Å². The topological polar surface area (TPSA) is 102 Å². The Labute approximate surface area is 196 Å². The number of piperazine rings is 1. The molecule has 4 N–H and O–H groups in total. The maximum Gasteiger partial charge on any atom is 0.174 e. The van der Waals surface area contributed by atoms with E-state index < -0.39 is 5.60 Å². The van der Waals surface area contributed by atoms with E-state index in [9.17, 15) is 5.11 Å². The van der Waals surface area contributed by atoms with Crippen LogP contribution in [-0.2, 0) is 5.60 Å². The predicted molar refractivity (Wildman–Crippen MR) is 132 cm³/mol. The fraction of sp³-hybridized carbons (Fsp3) is 0.292. The van der Waals surface area contributed by atoms with Gasteiger partial charge in [0.05, 0.1) is 16.8 Å². The number of thiazole rings is 1. The molecule has 0 aliphatic carbocycles. The molecule has 9 heteroatoms. The van der Waals surface area contributed by atoms with Crippen LogP contribution in [0.5, 0.6) is 0 Å². The van der Waals surface area contributed by atoms with Gasteiger partial charge < -0.3 is 25.6 Å². The van der Waals surface area contributed by atoms with E-state index in [2.05, 4.69) is 60.3 Å². The van der Waals surface area contributed by atoms with Gasteiger partial charge in [0, 0.05) is 49.0 Å². The molecule has 0 spiro atoms. The summed E-state index contributed by atoms with van der Waals surface area (Å²) in [6, 6.07) is 8.43. The first-order chi connectivity index (χ1) is 16.0. The number of fused-ring (bicyclic) bond motifs is 1. The van der Waals surface area contributed by atoms with Crippen molar-refractivity contribution in [1.82, 2.24) is 25.3 Å². The molecule has 1 unspecified atom stereocenters. The van der Waals surface area contributed by atoms with Crippen LogP contribution in [0.3, 0.4) is 0 Å². The number of hydrogen-bond donors (Lipinski definition) is 4. The third-order valence-electron chi connectivity index (χ3n) is 5.61. The SMILES string of the molecule is C[C@H]1CN(c2ccc(C#CC(C)(O)c3nccs3)cc2Nc2ncnc3[nH]ccc23)CCN1. The summed E-state index contributed by atoms with van der Waals surface area (Å²) >= 11 is 1.39. The van der Waals surface area contributed by atoms with Crippen LogP contribution in [0.1, 0.15) is 24.4 Å². The van der Waals surface area contributed by atoms with Gasteiger partial charge in [-0.1, -0.05) is 11.8 Å². The van der Waals surface area contributed by atoms with Gasteiger partial charge >= 0.3 is 0 Å². The molecule has 2 atom stereocenters. The zero-order chi connectivity index (χ0) is 22.8. The quantitative estimate of drug-likeness (QED) is 0.348. The van der Waals surface area contributed by atoms with Gasteiger partial charge in [-0.2, -0.15) is 0 Å². The van der Waals surface area contributed by atoms with E-state index in [0.29, 0.717) is 11.0 Å². The van der Waals surface area contributed by atoms with Crippen LogP contribution in [0.15, 0.2) is 48.4 Å². The average Bonchev–Trinajstić information content (AvgIpc) is 3.51. The summed E-state index contributed by atoms with van der Waals surface area (Å²) < 4.78 is 0. The largest absolute Gasteiger partial charge is 0.371 e. The monoisotopic (exact) mass is 459 g/mol. The predicted octanol–water partition coefficient (Wildman–Crippen LogP) is 3.22.